The Labute approximate surface area is 127 Å². The summed E-state index contributed by atoms with van der Waals surface area (Å²) in [7, 11) is 0. The SMILES string of the molecule is CC1COc2ccccc2C1Nc1ccc(I)cc1. The van der Waals surface area contributed by atoms with Gasteiger partial charge in [-0.05, 0) is 52.9 Å². The molecule has 1 heterocycles. The van der Waals surface area contributed by atoms with Crippen LogP contribution in [0.3, 0.4) is 0 Å². The molecule has 1 N–H and O–H groups in total. The first-order chi connectivity index (χ1) is 9.24. The van der Waals surface area contributed by atoms with E-state index in [9.17, 15) is 0 Å². The van der Waals surface area contributed by atoms with Gasteiger partial charge in [0, 0.05) is 20.7 Å². The average Bonchev–Trinajstić information content (AvgIpc) is 2.44. The van der Waals surface area contributed by atoms with E-state index in [4.69, 9.17) is 4.74 Å². The van der Waals surface area contributed by atoms with Crippen LogP contribution in [0.5, 0.6) is 5.75 Å². The van der Waals surface area contributed by atoms with Gasteiger partial charge in [-0.2, -0.15) is 0 Å². The molecular formula is C16H16INO. The first kappa shape index (κ1) is 12.8. The van der Waals surface area contributed by atoms with Crippen molar-refractivity contribution in [1.29, 1.82) is 0 Å². The number of ether oxygens (including phenoxy) is 1. The molecule has 0 radical (unpaired) electrons. The quantitative estimate of drug-likeness (QED) is 0.793. The van der Waals surface area contributed by atoms with Crippen LogP contribution in [0.4, 0.5) is 5.69 Å². The van der Waals surface area contributed by atoms with Gasteiger partial charge >= 0.3 is 0 Å². The number of hydrogen-bond donors (Lipinski definition) is 1. The van der Waals surface area contributed by atoms with Gasteiger partial charge in [0.15, 0.2) is 0 Å². The van der Waals surface area contributed by atoms with E-state index in [1.165, 1.54) is 9.13 Å². The lowest BCUT2D eigenvalue weighted by Gasteiger charge is -2.32. The van der Waals surface area contributed by atoms with Gasteiger partial charge in [0.1, 0.15) is 5.75 Å². The molecule has 2 aromatic carbocycles. The van der Waals surface area contributed by atoms with Crippen LogP contribution in [0, 0.1) is 9.49 Å². The summed E-state index contributed by atoms with van der Waals surface area (Å²) in [4.78, 5) is 0. The van der Waals surface area contributed by atoms with Crippen molar-refractivity contribution in [3.05, 3.63) is 57.7 Å². The Morgan fingerprint density at radius 1 is 1.11 bits per heavy atom. The Bertz CT molecular complexity index is 567. The lowest BCUT2D eigenvalue weighted by Crippen LogP contribution is -2.28. The maximum atomic E-state index is 5.78. The van der Waals surface area contributed by atoms with Crippen molar-refractivity contribution in [1.82, 2.24) is 0 Å². The van der Waals surface area contributed by atoms with E-state index in [1.54, 1.807) is 0 Å². The summed E-state index contributed by atoms with van der Waals surface area (Å²) >= 11 is 2.32. The minimum Gasteiger partial charge on any atom is -0.493 e. The van der Waals surface area contributed by atoms with Gasteiger partial charge in [-0.1, -0.05) is 25.1 Å². The number of fused-ring (bicyclic) bond motifs is 1. The first-order valence-electron chi connectivity index (χ1n) is 6.48. The van der Waals surface area contributed by atoms with Gasteiger partial charge in [0.25, 0.3) is 0 Å². The molecule has 98 valence electrons. The number of hydrogen-bond acceptors (Lipinski definition) is 2. The molecule has 0 aromatic heterocycles. The summed E-state index contributed by atoms with van der Waals surface area (Å²) in [6.45, 7) is 2.99. The van der Waals surface area contributed by atoms with Crippen LogP contribution in [0.25, 0.3) is 0 Å². The smallest absolute Gasteiger partial charge is 0.124 e. The molecule has 0 spiro atoms. The van der Waals surface area contributed by atoms with E-state index in [0.717, 1.165) is 18.0 Å². The molecular weight excluding hydrogens is 349 g/mol. The highest BCUT2D eigenvalue weighted by atomic mass is 127. The van der Waals surface area contributed by atoms with Crippen molar-refractivity contribution in [3.8, 4) is 5.75 Å². The number of para-hydroxylation sites is 1. The molecule has 0 saturated heterocycles. The van der Waals surface area contributed by atoms with Gasteiger partial charge in [0.2, 0.25) is 0 Å². The Balaban J connectivity index is 1.89. The van der Waals surface area contributed by atoms with E-state index in [2.05, 4.69) is 71.2 Å². The summed E-state index contributed by atoms with van der Waals surface area (Å²) in [6.07, 6.45) is 0. The lowest BCUT2D eigenvalue weighted by molar-refractivity contribution is 0.214. The third-order valence-electron chi connectivity index (χ3n) is 3.49. The molecule has 0 aliphatic carbocycles. The second-order valence-corrected chi connectivity index (χ2v) is 6.20. The predicted octanol–water partition coefficient (Wildman–Crippen LogP) is 4.47. The van der Waals surface area contributed by atoms with E-state index < -0.39 is 0 Å². The highest BCUT2D eigenvalue weighted by molar-refractivity contribution is 14.1. The van der Waals surface area contributed by atoms with Crippen molar-refractivity contribution in [2.45, 2.75) is 13.0 Å². The molecule has 0 amide bonds. The monoisotopic (exact) mass is 365 g/mol. The second-order valence-electron chi connectivity index (χ2n) is 4.96. The summed E-state index contributed by atoms with van der Waals surface area (Å²) in [6, 6.07) is 17.1. The van der Waals surface area contributed by atoms with Crippen molar-refractivity contribution in [2.24, 2.45) is 5.92 Å². The van der Waals surface area contributed by atoms with Crippen molar-refractivity contribution in [3.63, 3.8) is 0 Å². The maximum Gasteiger partial charge on any atom is 0.124 e. The standard InChI is InChI=1S/C16H16INO/c1-11-10-19-15-5-3-2-4-14(15)16(11)18-13-8-6-12(17)7-9-13/h2-9,11,16,18H,10H2,1H3. The van der Waals surface area contributed by atoms with Crippen molar-refractivity contribution >= 4 is 28.3 Å². The van der Waals surface area contributed by atoms with E-state index in [0.29, 0.717) is 12.0 Å². The molecule has 2 aromatic rings. The molecule has 3 heteroatoms. The molecule has 0 saturated carbocycles. The van der Waals surface area contributed by atoms with Gasteiger partial charge in [0.05, 0.1) is 12.6 Å². The number of halogens is 1. The fraction of sp³-hybridized carbons (Fsp3) is 0.250. The Morgan fingerprint density at radius 3 is 2.63 bits per heavy atom. The molecule has 2 nitrogen and oxygen atoms in total. The molecule has 1 aliphatic rings. The molecule has 3 rings (SSSR count). The summed E-state index contributed by atoms with van der Waals surface area (Å²) in [5.41, 5.74) is 2.41. The van der Waals surface area contributed by atoms with Gasteiger partial charge in [-0.3, -0.25) is 0 Å². The van der Waals surface area contributed by atoms with Crippen LogP contribution in [-0.2, 0) is 0 Å². The highest BCUT2D eigenvalue weighted by Crippen LogP contribution is 2.37. The van der Waals surface area contributed by atoms with Gasteiger partial charge < -0.3 is 10.1 Å². The topological polar surface area (TPSA) is 21.3 Å². The van der Waals surface area contributed by atoms with Gasteiger partial charge in [-0.25, -0.2) is 0 Å². The zero-order valence-corrected chi connectivity index (χ0v) is 12.9. The zero-order chi connectivity index (χ0) is 13.2. The predicted molar refractivity (Wildman–Crippen MR) is 86.6 cm³/mol. The fourth-order valence-corrected chi connectivity index (χ4v) is 2.80. The Kier molecular flexibility index (Phi) is 3.64. The number of nitrogens with one attached hydrogen (secondary N) is 1. The van der Waals surface area contributed by atoms with E-state index >= 15 is 0 Å². The Hall–Kier alpha value is -1.23. The van der Waals surface area contributed by atoms with E-state index in [-0.39, 0.29) is 0 Å². The molecule has 1 aliphatic heterocycles. The second kappa shape index (κ2) is 5.41. The highest BCUT2D eigenvalue weighted by Gasteiger charge is 2.27. The number of benzene rings is 2. The molecule has 2 unspecified atom stereocenters. The van der Waals surface area contributed by atoms with Crippen molar-refractivity contribution in [2.75, 3.05) is 11.9 Å². The van der Waals surface area contributed by atoms with Crippen LogP contribution in [0.2, 0.25) is 0 Å². The van der Waals surface area contributed by atoms with Crippen LogP contribution in [-0.4, -0.2) is 6.61 Å². The van der Waals surface area contributed by atoms with E-state index in [1.807, 2.05) is 12.1 Å². The molecule has 0 fully saturated rings. The number of anilines is 1. The van der Waals surface area contributed by atoms with Crippen LogP contribution >= 0.6 is 22.6 Å². The minimum absolute atomic E-state index is 0.310. The zero-order valence-electron chi connectivity index (χ0n) is 10.8. The fourth-order valence-electron chi connectivity index (χ4n) is 2.44. The summed E-state index contributed by atoms with van der Waals surface area (Å²) < 4.78 is 7.03. The third kappa shape index (κ3) is 2.71. The summed E-state index contributed by atoms with van der Waals surface area (Å²) in [5.74, 6) is 1.46. The molecule has 2 atom stereocenters. The van der Waals surface area contributed by atoms with Crippen molar-refractivity contribution < 1.29 is 4.74 Å². The first-order valence-corrected chi connectivity index (χ1v) is 7.56. The van der Waals surface area contributed by atoms with Crippen LogP contribution < -0.4 is 10.1 Å². The largest absolute Gasteiger partial charge is 0.493 e. The van der Waals surface area contributed by atoms with Gasteiger partial charge in [-0.15, -0.1) is 0 Å². The number of rotatable bonds is 2. The lowest BCUT2D eigenvalue weighted by atomic mass is 9.92. The third-order valence-corrected chi connectivity index (χ3v) is 4.21. The minimum atomic E-state index is 0.310. The average molecular weight is 365 g/mol. The molecule has 19 heavy (non-hydrogen) atoms. The summed E-state index contributed by atoms with van der Waals surface area (Å²) in [5, 5.41) is 3.63. The van der Waals surface area contributed by atoms with Crippen LogP contribution in [0.15, 0.2) is 48.5 Å². The van der Waals surface area contributed by atoms with Crippen LogP contribution in [0.1, 0.15) is 18.5 Å². The molecule has 0 bridgehead atoms. The normalized spacial score (nSPS) is 21.4. The Morgan fingerprint density at radius 2 is 1.84 bits per heavy atom. The maximum absolute atomic E-state index is 5.78.